The Morgan fingerprint density at radius 2 is 2.25 bits per heavy atom. The van der Waals surface area contributed by atoms with Crippen LogP contribution in [0, 0.1) is 5.92 Å². The predicted molar refractivity (Wildman–Crippen MR) is 47.5 cm³/mol. The van der Waals surface area contributed by atoms with Crippen LogP contribution < -0.4 is 11.1 Å². The number of hydrogen-bond donors (Lipinski definition) is 3. The molecule has 0 heterocycles. The Kier molecular flexibility index (Phi) is 5.66. The molecule has 0 aliphatic rings. The van der Waals surface area contributed by atoms with Crippen molar-refractivity contribution in [2.45, 2.75) is 26.3 Å². The molecule has 0 aromatic rings. The van der Waals surface area contributed by atoms with E-state index in [2.05, 4.69) is 5.32 Å². The van der Waals surface area contributed by atoms with Crippen molar-refractivity contribution < 1.29 is 9.90 Å². The molecular formula is C8H18N2O2. The van der Waals surface area contributed by atoms with Crippen LogP contribution in [0.25, 0.3) is 0 Å². The van der Waals surface area contributed by atoms with E-state index >= 15 is 0 Å². The molecular weight excluding hydrogens is 156 g/mol. The second-order valence-electron chi connectivity index (χ2n) is 2.93. The van der Waals surface area contributed by atoms with Gasteiger partial charge in [0.05, 0.1) is 6.61 Å². The maximum Gasteiger partial charge on any atom is 0.224 e. The monoisotopic (exact) mass is 174 g/mol. The molecule has 2 atom stereocenters. The first kappa shape index (κ1) is 11.4. The van der Waals surface area contributed by atoms with Crippen molar-refractivity contribution in [3.63, 3.8) is 0 Å². The lowest BCUT2D eigenvalue weighted by Crippen LogP contribution is -2.41. The van der Waals surface area contributed by atoms with Gasteiger partial charge in [-0.1, -0.05) is 6.92 Å². The van der Waals surface area contributed by atoms with Gasteiger partial charge in [0, 0.05) is 18.5 Å². The summed E-state index contributed by atoms with van der Waals surface area (Å²) in [7, 11) is 0. The summed E-state index contributed by atoms with van der Waals surface area (Å²) in [5.41, 5.74) is 5.38. The average molecular weight is 174 g/mol. The van der Waals surface area contributed by atoms with Crippen molar-refractivity contribution in [3.05, 3.63) is 0 Å². The molecule has 0 aromatic heterocycles. The molecule has 0 aromatic carbocycles. The van der Waals surface area contributed by atoms with Crippen LogP contribution in [0.2, 0.25) is 0 Å². The fourth-order valence-electron chi connectivity index (χ4n) is 0.865. The molecule has 72 valence electrons. The zero-order chi connectivity index (χ0) is 9.56. The molecule has 0 radical (unpaired) electrons. The van der Waals surface area contributed by atoms with E-state index in [4.69, 9.17) is 10.8 Å². The lowest BCUT2D eigenvalue weighted by atomic mass is 10.1. The van der Waals surface area contributed by atoms with Crippen molar-refractivity contribution in [1.82, 2.24) is 5.32 Å². The number of nitrogens with one attached hydrogen (secondary N) is 1. The van der Waals surface area contributed by atoms with E-state index in [1.807, 2.05) is 6.92 Å². The third-order valence-corrected chi connectivity index (χ3v) is 1.81. The highest BCUT2D eigenvalue weighted by Crippen LogP contribution is 1.99. The number of rotatable bonds is 5. The van der Waals surface area contributed by atoms with Crippen molar-refractivity contribution >= 4 is 5.91 Å². The molecule has 4 heteroatoms. The quantitative estimate of drug-likeness (QED) is 0.524. The maximum absolute atomic E-state index is 11.3. The lowest BCUT2D eigenvalue weighted by molar-refractivity contribution is -0.125. The summed E-state index contributed by atoms with van der Waals surface area (Å²) in [6.07, 6.45) is 0.737. The molecule has 0 rings (SSSR count). The summed E-state index contributed by atoms with van der Waals surface area (Å²) in [6, 6.07) is -0.182. The zero-order valence-electron chi connectivity index (χ0n) is 7.71. The normalized spacial score (nSPS) is 15.3. The molecule has 4 N–H and O–H groups in total. The van der Waals surface area contributed by atoms with Crippen molar-refractivity contribution in [3.8, 4) is 0 Å². The van der Waals surface area contributed by atoms with Gasteiger partial charge in [-0.3, -0.25) is 4.79 Å². The molecule has 1 amide bonds. The second-order valence-corrected chi connectivity index (χ2v) is 2.93. The number of hydrogen-bond acceptors (Lipinski definition) is 3. The number of carbonyl (C=O) groups is 1. The SMILES string of the molecule is CCC(CN)C(=O)N[C@@H](C)CO. The van der Waals surface area contributed by atoms with E-state index in [0.29, 0.717) is 6.54 Å². The Labute approximate surface area is 73.1 Å². The minimum Gasteiger partial charge on any atom is -0.394 e. The minimum absolute atomic E-state index is 0.0350. The van der Waals surface area contributed by atoms with Crippen LogP contribution in [-0.4, -0.2) is 30.2 Å². The van der Waals surface area contributed by atoms with Crippen LogP contribution in [0.1, 0.15) is 20.3 Å². The molecule has 1 unspecified atom stereocenters. The summed E-state index contributed by atoms with van der Waals surface area (Å²) >= 11 is 0. The zero-order valence-corrected chi connectivity index (χ0v) is 7.71. The fourth-order valence-corrected chi connectivity index (χ4v) is 0.865. The highest BCUT2D eigenvalue weighted by Gasteiger charge is 2.15. The van der Waals surface area contributed by atoms with E-state index in [9.17, 15) is 4.79 Å². The van der Waals surface area contributed by atoms with Gasteiger partial charge in [-0.05, 0) is 13.3 Å². The minimum atomic E-state index is -0.182. The van der Waals surface area contributed by atoms with E-state index in [0.717, 1.165) is 6.42 Å². The summed E-state index contributed by atoms with van der Waals surface area (Å²) in [4.78, 5) is 11.3. The smallest absolute Gasteiger partial charge is 0.224 e. The van der Waals surface area contributed by atoms with Crippen molar-refractivity contribution in [1.29, 1.82) is 0 Å². The molecule has 0 bridgehead atoms. The van der Waals surface area contributed by atoms with Gasteiger partial charge >= 0.3 is 0 Å². The highest BCUT2D eigenvalue weighted by atomic mass is 16.3. The van der Waals surface area contributed by atoms with Gasteiger partial charge in [-0.15, -0.1) is 0 Å². The van der Waals surface area contributed by atoms with E-state index < -0.39 is 0 Å². The standard InChI is InChI=1S/C8H18N2O2/c1-3-7(4-9)8(12)10-6(2)5-11/h6-7,11H,3-5,9H2,1-2H3,(H,10,12)/t6-,7?/m0/s1. The first-order valence-corrected chi connectivity index (χ1v) is 4.27. The Balaban J connectivity index is 3.84. The molecule has 0 saturated heterocycles. The summed E-state index contributed by atoms with van der Waals surface area (Å²) in [5, 5.41) is 11.3. The van der Waals surface area contributed by atoms with Gasteiger partial charge in [-0.25, -0.2) is 0 Å². The van der Waals surface area contributed by atoms with Crippen molar-refractivity contribution in [2.75, 3.05) is 13.2 Å². The molecule has 0 aliphatic heterocycles. The lowest BCUT2D eigenvalue weighted by Gasteiger charge is -2.16. The molecule has 4 nitrogen and oxygen atoms in total. The van der Waals surface area contributed by atoms with Gasteiger partial charge in [0.25, 0.3) is 0 Å². The van der Waals surface area contributed by atoms with Crippen LogP contribution in [0.4, 0.5) is 0 Å². The first-order valence-electron chi connectivity index (χ1n) is 4.27. The second kappa shape index (κ2) is 5.97. The Morgan fingerprint density at radius 1 is 1.67 bits per heavy atom. The number of aliphatic hydroxyl groups excluding tert-OH is 1. The van der Waals surface area contributed by atoms with Gasteiger partial charge < -0.3 is 16.2 Å². The summed E-state index contributed by atoms with van der Waals surface area (Å²) < 4.78 is 0. The highest BCUT2D eigenvalue weighted by molar-refractivity contribution is 5.79. The molecule has 12 heavy (non-hydrogen) atoms. The molecule has 0 saturated carbocycles. The van der Waals surface area contributed by atoms with Crippen LogP contribution in [0.15, 0.2) is 0 Å². The van der Waals surface area contributed by atoms with E-state index in [1.54, 1.807) is 6.92 Å². The number of aliphatic hydroxyl groups is 1. The van der Waals surface area contributed by atoms with Crippen molar-refractivity contribution in [2.24, 2.45) is 11.7 Å². The van der Waals surface area contributed by atoms with Gasteiger partial charge in [0.15, 0.2) is 0 Å². The van der Waals surface area contributed by atoms with Gasteiger partial charge in [0.1, 0.15) is 0 Å². The summed E-state index contributed by atoms with van der Waals surface area (Å²) in [5.74, 6) is -0.194. The number of nitrogens with two attached hydrogens (primary N) is 1. The number of amides is 1. The van der Waals surface area contributed by atoms with E-state index in [1.165, 1.54) is 0 Å². The molecule has 0 spiro atoms. The Morgan fingerprint density at radius 3 is 2.58 bits per heavy atom. The van der Waals surface area contributed by atoms with E-state index in [-0.39, 0.29) is 24.5 Å². The van der Waals surface area contributed by atoms with Crippen LogP contribution >= 0.6 is 0 Å². The van der Waals surface area contributed by atoms with Crippen LogP contribution in [0.3, 0.4) is 0 Å². The molecule has 0 aliphatic carbocycles. The first-order chi connectivity index (χ1) is 5.65. The Bertz CT molecular complexity index is 135. The third kappa shape index (κ3) is 3.69. The van der Waals surface area contributed by atoms with Crippen LogP contribution in [-0.2, 0) is 4.79 Å². The van der Waals surface area contributed by atoms with Gasteiger partial charge in [0.2, 0.25) is 5.91 Å². The van der Waals surface area contributed by atoms with Crippen LogP contribution in [0.5, 0.6) is 0 Å². The summed E-state index contributed by atoms with van der Waals surface area (Å²) in [6.45, 7) is 4.00. The predicted octanol–water partition coefficient (Wildman–Crippen LogP) is -0.532. The average Bonchev–Trinajstić information content (AvgIpc) is 2.06. The topological polar surface area (TPSA) is 75.4 Å². The Hall–Kier alpha value is -0.610. The third-order valence-electron chi connectivity index (χ3n) is 1.81. The largest absolute Gasteiger partial charge is 0.394 e. The fraction of sp³-hybridized carbons (Fsp3) is 0.875. The van der Waals surface area contributed by atoms with Gasteiger partial charge in [-0.2, -0.15) is 0 Å². The molecule has 0 fully saturated rings. The number of carbonyl (C=O) groups excluding carboxylic acids is 1. The maximum atomic E-state index is 11.3.